The van der Waals surface area contributed by atoms with Crippen LogP contribution in [-0.2, 0) is 6.54 Å². The van der Waals surface area contributed by atoms with Gasteiger partial charge >= 0.3 is 5.97 Å². The second-order valence-electron chi connectivity index (χ2n) is 3.81. The summed E-state index contributed by atoms with van der Waals surface area (Å²) in [5.74, 6) is -1.28. The number of hydrogen-bond donors (Lipinski definition) is 1. The molecule has 1 aromatic carbocycles. The summed E-state index contributed by atoms with van der Waals surface area (Å²) in [5.41, 5.74) is -0.129. The Morgan fingerprint density at radius 3 is 2.42 bits per heavy atom. The van der Waals surface area contributed by atoms with Crippen LogP contribution in [0.25, 0.3) is 0 Å². The molecule has 0 saturated carbocycles. The molecule has 0 bridgehead atoms. The monoisotopic (exact) mass is 315 g/mol. The number of carboxylic acids is 1. The molecule has 1 atom stereocenters. The van der Waals surface area contributed by atoms with E-state index in [2.05, 4.69) is 0 Å². The summed E-state index contributed by atoms with van der Waals surface area (Å²) in [7, 11) is 1.12. The molecule has 1 N–H and O–H groups in total. The zero-order valence-electron chi connectivity index (χ0n) is 9.71. The van der Waals surface area contributed by atoms with E-state index in [0.717, 1.165) is 7.05 Å². The predicted octanol–water partition coefficient (Wildman–Crippen LogP) is 3.68. The Morgan fingerprint density at radius 1 is 1.37 bits per heavy atom. The van der Waals surface area contributed by atoms with Crippen LogP contribution in [0, 0.1) is 0 Å². The van der Waals surface area contributed by atoms with Crippen molar-refractivity contribution in [3.8, 4) is 0 Å². The van der Waals surface area contributed by atoms with Crippen molar-refractivity contribution in [2.45, 2.75) is 19.3 Å². The van der Waals surface area contributed by atoms with Crippen LogP contribution in [0.5, 0.6) is 0 Å². The summed E-state index contributed by atoms with van der Waals surface area (Å²) in [6.07, 6.45) is -5.66. The lowest BCUT2D eigenvalue weighted by molar-refractivity contribution is -0.0405. The lowest BCUT2D eigenvalue weighted by Crippen LogP contribution is -2.33. The van der Waals surface area contributed by atoms with Gasteiger partial charge in [0, 0.05) is 17.1 Å². The van der Waals surface area contributed by atoms with E-state index in [1.54, 1.807) is 0 Å². The molecule has 0 aliphatic carbocycles. The van der Waals surface area contributed by atoms with E-state index in [9.17, 15) is 18.0 Å². The number of carbonyl (C=O) groups is 1. The van der Waals surface area contributed by atoms with Gasteiger partial charge in [0.2, 0.25) is 6.30 Å². The summed E-state index contributed by atoms with van der Waals surface area (Å²) in [5, 5.41) is 8.78. The van der Waals surface area contributed by atoms with Crippen LogP contribution in [0.2, 0.25) is 10.0 Å². The number of alkyl halides is 3. The molecule has 1 rings (SSSR count). The number of nitrogens with zero attached hydrogens (tertiary/aromatic N) is 1. The van der Waals surface area contributed by atoms with Gasteiger partial charge in [-0.1, -0.05) is 23.2 Å². The average Bonchev–Trinajstić information content (AvgIpc) is 2.32. The first-order chi connectivity index (χ1) is 8.75. The normalized spacial score (nSPS) is 13.1. The maximum Gasteiger partial charge on any atom is 0.337 e. The summed E-state index contributed by atoms with van der Waals surface area (Å²) in [6.45, 7) is -0.329. The Morgan fingerprint density at radius 2 is 1.95 bits per heavy atom. The molecule has 1 aromatic rings. The van der Waals surface area contributed by atoms with Gasteiger partial charge < -0.3 is 5.11 Å². The molecular weight excluding hydrogens is 306 g/mol. The quantitative estimate of drug-likeness (QED) is 0.843. The zero-order chi connectivity index (χ0) is 14.7. The molecule has 0 fully saturated rings. The topological polar surface area (TPSA) is 40.5 Å². The van der Waals surface area contributed by atoms with Gasteiger partial charge in [-0.25, -0.2) is 18.0 Å². The van der Waals surface area contributed by atoms with Crippen LogP contribution in [0.3, 0.4) is 0 Å². The molecule has 0 spiro atoms. The van der Waals surface area contributed by atoms with E-state index < -0.39 is 18.7 Å². The molecule has 0 aliphatic heterocycles. The average molecular weight is 316 g/mol. The molecule has 106 valence electrons. The highest BCUT2D eigenvalue weighted by atomic mass is 35.5. The van der Waals surface area contributed by atoms with Crippen molar-refractivity contribution < 1.29 is 23.1 Å². The Hall–Kier alpha value is -0.980. The van der Waals surface area contributed by atoms with E-state index in [1.165, 1.54) is 12.1 Å². The summed E-state index contributed by atoms with van der Waals surface area (Å²) in [6, 6.07) is 2.46. The number of carboxylic acid groups (broad SMARTS) is 1. The van der Waals surface area contributed by atoms with E-state index in [-0.39, 0.29) is 27.7 Å². The van der Waals surface area contributed by atoms with Crippen molar-refractivity contribution in [2.75, 3.05) is 7.05 Å². The van der Waals surface area contributed by atoms with Gasteiger partial charge in [-0.05, 0) is 19.2 Å². The molecule has 0 heterocycles. The van der Waals surface area contributed by atoms with Crippen LogP contribution in [-0.4, -0.2) is 35.7 Å². The maximum absolute atomic E-state index is 13.1. The molecule has 19 heavy (non-hydrogen) atoms. The number of benzene rings is 1. The minimum Gasteiger partial charge on any atom is -0.478 e. The van der Waals surface area contributed by atoms with Gasteiger partial charge in [0.05, 0.1) is 10.6 Å². The highest BCUT2D eigenvalue weighted by Crippen LogP contribution is 2.30. The van der Waals surface area contributed by atoms with Crippen molar-refractivity contribution in [1.29, 1.82) is 0 Å². The predicted molar refractivity (Wildman–Crippen MR) is 65.8 cm³/mol. The van der Waals surface area contributed by atoms with Crippen molar-refractivity contribution in [3.05, 3.63) is 33.3 Å². The fourth-order valence-electron chi connectivity index (χ4n) is 1.44. The molecular formula is C11H10Cl2F3NO2. The Bertz CT molecular complexity index is 485. The van der Waals surface area contributed by atoms with Crippen LogP contribution < -0.4 is 0 Å². The van der Waals surface area contributed by atoms with Gasteiger partial charge in [-0.2, -0.15) is 0 Å². The van der Waals surface area contributed by atoms with Crippen LogP contribution >= 0.6 is 23.2 Å². The second-order valence-corrected chi connectivity index (χ2v) is 4.60. The lowest BCUT2D eigenvalue weighted by atomic mass is 10.1. The second kappa shape index (κ2) is 6.45. The van der Waals surface area contributed by atoms with Crippen LogP contribution in [0.15, 0.2) is 12.1 Å². The van der Waals surface area contributed by atoms with E-state index in [1.807, 2.05) is 0 Å². The first-order valence-electron chi connectivity index (χ1n) is 5.08. The molecule has 3 nitrogen and oxygen atoms in total. The third-order valence-corrected chi connectivity index (χ3v) is 3.24. The van der Waals surface area contributed by atoms with Crippen molar-refractivity contribution in [2.24, 2.45) is 0 Å². The zero-order valence-corrected chi connectivity index (χ0v) is 11.2. The van der Waals surface area contributed by atoms with Crippen LogP contribution in [0.1, 0.15) is 15.9 Å². The Kier molecular flexibility index (Phi) is 5.46. The third-order valence-electron chi connectivity index (χ3n) is 2.45. The van der Waals surface area contributed by atoms with Gasteiger partial charge in [0.1, 0.15) is 0 Å². The van der Waals surface area contributed by atoms with Gasteiger partial charge in [0.25, 0.3) is 6.43 Å². The molecule has 0 aliphatic rings. The van der Waals surface area contributed by atoms with E-state index in [0.29, 0.717) is 4.90 Å². The van der Waals surface area contributed by atoms with E-state index >= 15 is 0 Å². The fraction of sp³-hybridized carbons (Fsp3) is 0.364. The maximum atomic E-state index is 13.1. The smallest absolute Gasteiger partial charge is 0.337 e. The van der Waals surface area contributed by atoms with Gasteiger partial charge in [0.15, 0.2) is 0 Å². The largest absolute Gasteiger partial charge is 0.478 e. The number of hydrogen-bond acceptors (Lipinski definition) is 2. The van der Waals surface area contributed by atoms with Gasteiger partial charge in [-0.3, -0.25) is 4.90 Å². The standard InChI is InChI=1S/C11H10Cl2F3NO2/c1-17(10(16)9(14)15)4-6-7(12)3-2-5(8(6)13)11(18)19/h2-3,9-10H,4H2,1H3,(H,18,19). The fourth-order valence-corrected chi connectivity index (χ4v) is 2.01. The molecule has 0 amide bonds. The minimum absolute atomic E-state index is 0.0864. The van der Waals surface area contributed by atoms with Crippen molar-refractivity contribution in [3.63, 3.8) is 0 Å². The summed E-state index contributed by atoms with van der Waals surface area (Å²) in [4.78, 5) is 11.6. The number of rotatable bonds is 5. The van der Waals surface area contributed by atoms with Crippen LogP contribution in [0.4, 0.5) is 13.2 Å². The first-order valence-corrected chi connectivity index (χ1v) is 5.84. The molecule has 0 saturated heterocycles. The summed E-state index contributed by atoms with van der Waals surface area (Å²) >= 11 is 11.7. The molecule has 0 radical (unpaired) electrons. The number of halogens is 5. The first kappa shape index (κ1) is 16.1. The van der Waals surface area contributed by atoms with Crippen molar-refractivity contribution >= 4 is 29.2 Å². The summed E-state index contributed by atoms with van der Waals surface area (Å²) < 4.78 is 37.5. The van der Waals surface area contributed by atoms with E-state index in [4.69, 9.17) is 28.3 Å². The third kappa shape index (κ3) is 3.75. The molecule has 1 unspecified atom stereocenters. The highest BCUT2D eigenvalue weighted by Gasteiger charge is 2.26. The molecule has 8 heteroatoms. The SMILES string of the molecule is CN(Cc1c(Cl)ccc(C(=O)O)c1Cl)C(F)C(F)F. The van der Waals surface area contributed by atoms with Gasteiger partial charge in [-0.15, -0.1) is 0 Å². The highest BCUT2D eigenvalue weighted by molar-refractivity contribution is 6.37. The Balaban J connectivity index is 3.07. The minimum atomic E-state index is -3.18. The van der Waals surface area contributed by atoms with Crippen molar-refractivity contribution in [1.82, 2.24) is 4.90 Å². The number of aromatic carboxylic acids is 1. The lowest BCUT2D eigenvalue weighted by Gasteiger charge is -2.22. The Labute approximate surface area is 117 Å². The molecule has 0 aromatic heterocycles.